The van der Waals surface area contributed by atoms with Crippen LogP contribution in [0.2, 0.25) is 0 Å². The van der Waals surface area contributed by atoms with Gasteiger partial charge in [-0.1, -0.05) is 20.8 Å². The van der Waals surface area contributed by atoms with Crippen molar-refractivity contribution in [3.63, 3.8) is 0 Å². The molecule has 3 nitrogen and oxygen atoms in total. The van der Waals surface area contributed by atoms with Crippen molar-refractivity contribution in [3.05, 3.63) is 0 Å². The number of hydrogen-bond donors (Lipinski definition) is 0. The summed E-state index contributed by atoms with van der Waals surface area (Å²) in [5.41, 5.74) is 0. The number of ether oxygens (including phenoxy) is 2. The predicted molar refractivity (Wildman–Crippen MR) is 58.5 cm³/mol. The van der Waals surface area contributed by atoms with Crippen LogP contribution in [-0.4, -0.2) is 24.3 Å². The Kier molecular flexibility index (Phi) is 4.14. The van der Waals surface area contributed by atoms with E-state index in [1.807, 2.05) is 20.8 Å². The van der Waals surface area contributed by atoms with E-state index in [0.29, 0.717) is 5.92 Å². The van der Waals surface area contributed by atoms with E-state index in [2.05, 4.69) is 13.8 Å². The van der Waals surface area contributed by atoms with Gasteiger partial charge in [-0.25, -0.2) is 0 Å². The fraction of sp³-hybridized carbons (Fsp3) is 0.917. The third kappa shape index (κ3) is 3.20. The van der Waals surface area contributed by atoms with Gasteiger partial charge in [-0.15, -0.1) is 0 Å². The van der Waals surface area contributed by atoms with Gasteiger partial charge in [-0.05, 0) is 26.2 Å². The van der Waals surface area contributed by atoms with E-state index >= 15 is 0 Å². The Hall–Kier alpha value is -0.570. The monoisotopic (exact) mass is 214 g/mol. The fourth-order valence-electron chi connectivity index (χ4n) is 1.72. The Bertz CT molecular complexity index is 215. The molecule has 0 aliphatic carbocycles. The molecule has 0 aromatic heterocycles. The van der Waals surface area contributed by atoms with E-state index in [0.717, 1.165) is 6.42 Å². The minimum Gasteiger partial charge on any atom is -0.460 e. The quantitative estimate of drug-likeness (QED) is 0.677. The average molecular weight is 214 g/mol. The lowest BCUT2D eigenvalue weighted by Gasteiger charge is -2.20. The highest BCUT2D eigenvalue weighted by Gasteiger charge is 2.34. The number of esters is 1. The molecule has 0 bridgehead atoms. The second kappa shape index (κ2) is 4.97. The average Bonchev–Trinajstić information content (AvgIpc) is 2.46. The highest BCUT2D eigenvalue weighted by molar-refractivity contribution is 5.71. The van der Waals surface area contributed by atoms with Gasteiger partial charge in [0.15, 0.2) is 0 Å². The molecule has 4 atom stereocenters. The smallest absolute Gasteiger partial charge is 0.308 e. The third-order valence-electron chi connectivity index (χ3n) is 3.09. The summed E-state index contributed by atoms with van der Waals surface area (Å²) in [4.78, 5) is 11.4. The van der Waals surface area contributed by atoms with Crippen molar-refractivity contribution < 1.29 is 14.3 Å². The Labute approximate surface area is 92.1 Å². The van der Waals surface area contributed by atoms with Crippen molar-refractivity contribution in [3.8, 4) is 0 Å². The first-order chi connectivity index (χ1) is 6.91. The topological polar surface area (TPSA) is 35.5 Å². The van der Waals surface area contributed by atoms with E-state index < -0.39 is 0 Å². The summed E-state index contributed by atoms with van der Waals surface area (Å²) in [5.74, 6) is 0.345. The molecule has 15 heavy (non-hydrogen) atoms. The molecule has 1 aliphatic heterocycles. The van der Waals surface area contributed by atoms with Crippen LogP contribution < -0.4 is 0 Å². The Morgan fingerprint density at radius 3 is 2.33 bits per heavy atom. The van der Waals surface area contributed by atoms with Crippen LogP contribution in [0.4, 0.5) is 0 Å². The molecule has 1 saturated heterocycles. The highest BCUT2D eigenvalue weighted by Crippen LogP contribution is 2.28. The van der Waals surface area contributed by atoms with Crippen LogP contribution >= 0.6 is 0 Å². The number of hydrogen-bond acceptors (Lipinski definition) is 3. The second-order valence-corrected chi connectivity index (χ2v) is 4.89. The molecule has 1 heterocycles. The van der Waals surface area contributed by atoms with E-state index in [1.54, 1.807) is 0 Å². The Morgan fingerprint density at radius 1 is 1.33 bits per heavy atom. The van der Waals surface area contributed by atoms with Crippen LogP contribution in [0.15, 0.2) is 0 Å². The van der Waals surface area contributed by atoms with Gasteiger partial charge >= 0.3 is 5.97 Å². The van der Waals surface area contributed by atoms with Gasteiger partial charge < -0.3 is 9.47 Å². The number of carbonyl (C=O) groups excluding carboxylic acids is 1. The van der Waals surface area contributed by atoms with E-state index in [9.17, 15) is 4.79 Å². The molecule has 0 amide bonds. The first-order valence-electron chi connectivity index (χ1n) is 5.77. The van der Waals surface area contributed by atoms with Gasteiger partial charge in [0, 0.05) is 0 Å². The zero-order valence-corrected chi connectivity index (χ0v) is 10.3. The van der Waals surface area contributed by atoms with Gasteiger partial charge in [0.2, 0.25) is 0 Å². The summed E-state index contributed by atoms with van der Waals surface area (Å²) in [6, 6.07) is 0. The summed E-state index contributed by atoms with van der Waals surface area (Å²) < 4.78 is 11.1. The molecule has 1 aliphatic rings. The lowest BCUT2D eigenvalue weighted by Crippen LogP contribution is -2.30. The molecule has 88 valence electrons. The van der Waals surface area contributed by atoms with Gasteiger partial charge in [-0.3, -0.25) is 4.79 Å². The van der Waals surface area contributed by atoms with Gasteiger partial charge in [0.1, 0.15) is 6.10 Å². The zero-order valence-electron chi connectivity index (χ0n) is 10.3. The highest BCUT2D eigenvalue weighted by atomic mass is 16.6. The standard InChI is InChI=1S/C12H22O3/c1-7(2)12(13)15-10(5)11-6-8(3)9(4)14-11/h7-11H,6H2,1-5H3. The predicted octanol–water partition coefficient (Wildman–Crippen LogP) is 2.39. The van der Waals surface area contributed by atoms with Crippen molar-refractivity contribution >= 4 is 5.97 Å². The van der Waals surface area contributed by atoms with E-state index in [1.165, 1.54) is 0 Å². The minimum absolute atomic E-state index is 0.0660. The minimum atomic E-state index is -0.140. The van der Waals surface area contributed by atoms with Crippen LogP contribution in [0.3, 0.4) is 0 Å². The molecule has 0 radical (unpaired) electrons. The summed E-state index contributed by atoms with van der Waals surface area (Å²) in [7, 11) is 0. The van der Waals surface area contributed by atoms with Gasteiger partial charge in [0.05, 0.1) is 18.1 Å². The summed E-state index contributed by atoms with van der Waals surface area (Å²) in [6.45, 7) is 9.84. The summed E-state index contributed by atoms with van der Waals surface area (Å²) in [5, 5.41) is 0. The molecule has 0 saturated carbocycles. The molecule has 0 N–H and O–H groups in total. The molecule has 1 fully saturated rings. The molecule has 4 unspecified atom stereocenters. The third-order valence-corrected chi connectivity index (χ3v) is 3.09. The normalized spacial score (nSPS) is 33.1. The molecular formula is C12H22O3. The zero-order chi connectivity index (χ0) is 11.6. The number of rotatable bonds is 3. The first-order valence-corrected chi connectivity index (χ1v) is 5.77. The van der Waals surface area contributed by atoms with Crippen molar-refractivity contribution in [1.82, 2.24) is 0 Å². The molecule has 0 aromatic carbocycles. The summed E-state index contributed by atoms with van der Waals surface area (Å²) in [6.07, 6.45) is 1.19. The molecule has 0 aromatic rings. The van der Waals surface area contributed by atoms with Crippen molar-refractivity contribution in [1.29, 1.82) is 0 Å². The fourth-order valence-corrected chi connectivity index (χ4v) is 1.72. The Balaban J connectivity index is 2.42. The molecular weight excluding hydrogens is 192 g/mol. The van der Waals surface area contributed by atoms with Crippen LogP contribution in [-0.2, 0) is 14.3 Å². The maximum Gasteiger partial charge on any atom is 0.308 e. The van der Waals surface area contributed by atoms with Crippen LogP contribution in [0.5, 0.6) is 0 Å². The number of carbonyl (C=O) groups is 1. The van der Waals surface area contributed by atoms with Crippen molar-refractivity contribution in [2.24, 2.45) is 11.8 Å². The molecule has 1 rings (SSSR count). The van der Waals surface area contributed by atoms with Crippen molar-refractivity contribution in [2.45, 2.75) is 59.4 Å². The van der Waals surface area contributed by atoms with Crippen molar-refractivity contribution in [2.75, 3.05) is 0 Å². The largest absolute Gasteiger partial charge is 0.460 e. The van der Waals surface area contributed by atoms with Crippen LogP contribution in [0.1, 0.15) is 41.0 Å². The Morgan fingerprint density at radius 2 is 1.93 bits per heavy atom. The molecule has 0 spiro atoms. The van der Waals surface area contributed by atoms with Crippen LogP contribution in [0, 0.1) is 11.8 Å². The lowest BCUT2D eigenvalue weighted by molar-refractivity contribution is -0.159. The van der Waals surface area contributed by atoms with Gasteiger partial charge in [-0.2, -0.15) is 0 Å². The van der Waals surface area contributed by atoms with Crippen LogP contribution in [0.25, 0.3) is 0 Å². The summed E-state index contributed by atoms with van der Waals surface area (Å²) >= 11 is 0. The first kappa shape index (κ1) is 12.5. The van der Waals surface area contributed by atoms with E-state index in [4.69, 9.17) is 9.47 Å². The van der Waals surface area contributed by atoms with E-state index in [-0.39, 0.29) is 30.2 Å². The van der Waals surface area contributed by atoms with Gasteiger partial charge in [0.25, 0.3) is 0 Å². The molecule has 3 heteroatoms. The maximum atomic E-state index is 11.4. The second-order valence-electron chi connectivity index (χ2n) is 4.89. The maximum absolute atomic E-state index is 11.4. The lowest BCUT2D eigenvalue weighted by atomic mass is 10.0. The SMILES string of the molecule is CC(C)C(=O)OC(C)C1CC(C)C(C)O1.